The summed E-state index contributed by atoms with van der Waals surface area (Å²) >= 11 is 0. The molecule has 0 unspecified atom stereocenters. The lowest BCUT2D eigenvalue weighted by Gasteiger charge is -2.05. The molecule has 0 saturated carbocycles. The Morgan fingerprint density at radius 2 is 2.07 bits per heavy atom. The third-order valence-corrected chi connectivity index (χ3v) is 2.26. The normalized spacial score (nSPS) is 10.8. The molecule has 2 heterocycles. The van der Waals surface area contributed by atoms with Gasteiger partial charge in [0.05, 0.1) is 11.7 Å². The number of aryl methyl sites for hydroxylation is 3. The topological polar surface area (TPSA) is 47.8 Å². The van der Waals surface area contributed by atoms with Crippen molar-refractivity contribution in [3.63, 3.8) is 0 Å². The number of hydrogen-bond acceptors (Lipinski definition) is 3. The predicted molar refractivity (Wildman–Crippen MR) is 54.3 cm³/mol. The monoisotopic (exact) mass is 189 g/mol. The van der Waals surface area contributed by atoms with Crippen LogP contribution in [0.5, 0.6) is 0 Å². The second-order valence-corrected chi connectivity index (χ2v) is 3.38. The van der Waals surface area contributed by atoms with E-state index in [9.17, 15) is 4.79 Å². The summed E-state index contributed by atoms with van der Waals surface area (Å²) in [5.74, 6) is 0. The smallest absolute Gasteiger partial charge is 0.272 e. The zero-order valence-electron chi connectivity index (χ0n) is 8.40. The summed E-state index contributed by atoms with van der Waals surface area (Å²) in [5.41, 5.74) is 2.93. The predicted octanol–water partition coefficient (Wildman–Crippen LogP) is 0.945. The molecule has 14 heavy (non-hydrogen) atoms. The van der Waals surface area contributed by atoms with Gasteiger partial charge in [-0.25, -0.2) is 4.98 Å². The molecule has 0 radical (unpaired) electrons. The van der Waals surface area contributed by atoms with Crippen molar-refractivity contribution in [2.24, 2.45) is 7.05 Å². The van der Waals surface area contributed by atoms with Gasteiger partial charge >= 0.3 is 0 Å². The minimum Gasteiger partial charge on any atom is -0.308 e. The molecular weight excluding hydrogens is 178 g/mol. The molecule has 0 N–H and O–H groups in total. The van der Waals surface area contributed by atoms with Gasteiger partial charge < -0.3 is 4.57 Å². The van der Waals surface area contributed by atoms with Crippen LogP contribution in [0.15, 0.2) is 17.1 Å². The van der Waals surface area contributed by atoms with Crippen LogP contribution < -0.4 is 5.56 Å². The van der Waals surface area contributed by atoms with E-state index in [1.165, 1.54) is 0 Å². The highest BCUT2D eigenvalue weighted by Gasteiger charge is 2.04. The quantitative estimate of drug-likeness (QED) is 0.619. The number of pyridine rings is 1. The summed E-state index contributed by atoms with van der Waals surface area (Å²) in [6.45, 7) is 3.60. The van der Waals surface area contributed by atoms with Crippen molar-refractivity contribution in [3.8, 4) is 0 Å². The number of aromatic nitrogens is 3. The average Bonchev–Trinajstić information content (AvgIpc) is 2.16. The number of hydrogen-bond donors (Lipinski definition) is 0. The van der Waals surface area contributed by atoms with Crippen LogP contribution in [0.4, 0.5) is 0 Å². The van der Waals surface area contributed by atoms with Crippen LogP contribution in [0.25, 0.3) is 11.0 Å². The highest BCUT2D eigenvalue weighted by molar-refractivity contribution is 5.73. The van der Waals surface area contributed by atoms with Gasteiger partial charge in [-0.2, -0.15) is 0 Å². The Morgan fingerprint density at radius 3 is 2.79 bits per heavy atom. The van der Waals surface area contributed by atoms with E-state index in [4.69, 9.17) is 0 Å². The molecule has 0 bridgehead atoms. The van der Waals surface area contributed by atoms with Crippen LogP contribution in [0.2, 0.25) is 0 Å². The van der Waals surface area contributed by atoms with Crippen molar-refractivity contribution in [1.82, 2.24) is 14.5 Å². The van der Waals surface area contributed by atoms with E-state index in [0.717, 1.165) is 16.7 Å². The van der Waals surface area contributed by atoms with E-state index < -0.39 is 0 Å². The molecule has 0 spiro atoms. The van der Waals surface area contributed by atoms with Crippen molar-refractivity contribution in [3.05, 3.63) is 34.0 Å². The number of nitrogens with zero attached hydrogens (tertiary/aromatic N) is 3. The zero-order valence-corrected chi connectivity index (χ0v) is 8.40. The molecular formula is C10H11N3O. The van der Waals surface area contributed by atoms with Gasteiger partial charge in [0.25, 0.3) is 5.56 Å². The van der Waals surface area contributed by atoms with Crippen molar-refractivity contribution in [2.75, 3.05) is 0 Å². The van der Waals surface area contributed by atoms with Crippen LogP contribution >= 0.6 is 0 Å². The van der Waals surface area contributed by atoms with Gasteiger partial charge in [0, 0.05) is 12.7 Å². The first-order valence-electron chi connectivity index (χ1n) is 4.39. The summed E-state index contributed by atoms with van der Waals surface area (Å²) in [6, 6.07) is 1.86. The van der Waals surface area contributed by atoms with Crippen molar-refractivity contribution < 1.29 is 0 Å². The third-order valence-electron chi connectivity index (χ3n) is 2.26. The van der Waals surface area contributed by atoms with Gasteiger partial charge in [-0.1, -0.05) is 0 Å². The molecule has 0 aromatic carbocycles. The van der Waals surface area contributed by atoms with Gasteiger partial charge in [0.1, 0.15) is 11.2 Å². The Kier molecular flexibility index (Phi) is 1.84. The fraction of sp³-hybridized carbons (Fsp3) is 0.300. The second kappa shape index (κ2) is 2.90. The maximum atomic E-state index is 11.6. The summed E-state index contributed by atoms with van der Waals surface area (Å²) in [6.07, 6.45) is 1.69. The summed E-state index contributed by atoms with van der Waals surface area (Å²) in [4.78, 5) is 19.9. The van der Waals surface area contributed by atoms with Crippen LogP contribution in [-0.4, -0.2) is 14.5 Å². The summed E-state index contributed by atoms with van der Waals surface area (Å²) in [5, 5.41) is 0. The van der Waals surface area contributed by atoms with Gasteiger partial charge in [-0.3, -0.25) is 9.78 Å². The fourth-order valence-corrected chi connectivity index (χ4v) is 1.47. The lowest BCUT2D eigenvalue weighted by molar-refractivity contribution is 0.868. The van der Waals surface area contributed by atoms with E-state index in [-0.39, 0.29) is 5.56 Å². The second-order valence-electron chi connectivity index (χ2n) is 3.38. The van der Waals surface area contributed by atoms with E-state index in [1.807, 2.05) is 13.0 Å². The molecule has 4 heteroatoms. The number of fused-ring (bicyclic) bond motifs is 1. The Bertz CT molecular complexity index is 557. The Hall–Kier alpha value is -1.71. The van der Waals surface area contributed by atoms with Gasteiger partial charge in [-0.15, -0.1) is 0 Å². The lowest BCUT2D eigenvalue weighted by Crippen LogP contribution is -2.21. The number of rotatable bonds is 0. The molecule has 0 atom stereocenters. The van der Waals surface area contributed by atoms with E-state index in [0.29, 0.717) is 5.69 Å². The molecule has 0 saturated heterocycles. The average molecular weight is 189 g/mol. The molecule has 2 aromatic rings. The Morgan fingerprint density at radius 1 is 1.36 bits per heavy atom. The molecule has 4 nitrogen and oxygen atoms in total. The first-order chi connectivity index (χ1) is 6.59. The minimum absolute atomic E-state index is 0.0527. The van der Waals surface area contributed by atoms with E-state index in [1.54, 1.807) is 24.7 Å². The minimum atomic E-state index is -0.0527. The summed E-state index contributed by atoms with van der Waals surface area (Å²) in [7, 11) is 1.75. The lowest BCUT2D eigenvalue weighted by atomic mass is 10.3. The molecule has 0 amide bonds. The van der Waals surface area contributed by atoms with Crippen molar-refractivity contribution >= 4 is 11.0 Å². The molecule has 2 rings (SSSR count). The standard InChI is InChI=1S/C10H11N3O/c1-6-4-9-8(5-11-6)12-7(2)10(14)13(9)3/h4-5H,1-3H3. The molecule has 0 aliphatic heterocycles. The first kappa shape index (κ1) is 8.87. The van der Waals surface area contributed by atoms with Crippen molar-refractivity contribution in [2.45, 2.75) is 13.8 Å². The van der Waals surface area contributed by atoms with E-state index >= 15 is 0 Å². The van der Waals surface area contributed by atoms with E-state index in [2.05, 4.69) is 9.97 Å². The highest BCUT2D eigenvalue weighted by Crippen LogP contribution is 2.08. The zero-order chi connectivity index (χ0) is 10.3. The molecule has 0 aliphatic rings. The molecule has 2 aromatic heterocycles. The maximum Gasteiger partial charge on any atom is 0.272 e. The largest absolute Gasteiger partial charge is 0.308 e. The van der Waals surface area contributed by atoms with Crippen LogP contribution in [0.1, 0.15) is 11.4 Å². The van der Waals surface area contributed by atoms with Crippen LogP contribution in [-0.2, 0) is 7.05 Å². The Labute approximate surface area is 81.2 Å². The molecule has 0 aliphatic carbocycles. The van der Waals surface area contributed by atoms with Crippen molar-refractivity contribution in [1.29, 1.82) is 0 Å². The van der Waals surface area contributed by atoms with Gasteiger partial charge in [-0.05, 0) is 19.9 Å². The Balaban J connectivity index is 2.99. The SMILES string of the molecule is Cc1cc2c(cn1)nc(C)c(=O)n2C. The van der Waals surface area contributed by atoms with Gasteiger partial charge in [0.15, 0.2) is 0 Å². The molecule has 0 fully saturated rings. The molecule has 72 valence electrons. The fourth-order valence-electron chi connectivity index (χ4n) is 1.47. The maximum absolute atomic E-state index is 11.6. The van der Waals surface area contributed by atoms with Crippen LogP contribution in [0.3, 0.4) is 0 Å². The van der Waals surface area contributed by atoms with Gasteiger partial charge in [0.2, 0.25) is 0 Å². The third kappa shape index (κ3) is 1.19. The summed E-state index contributed by atoms with van der Waals surface area (Å²) < 4.78 is 1.60. The van der Waals surface area contributed by atoms with Crippen LogP contribution in [0, 0.1) is 13.8 Å². The highest BCUT2D eigenvalue weighted by atomic mass is 16.1. The first-order valence-corrected chi connectivity index (χ1v) is 4.39.